The molecule has 0 aliphatic heterocycles. The summed E-state index contributed by atoms with van der Waals surface area (Å²) in [5.74, 6) is 0.501. The SMILES string of the molecule is C=CCn1c(Cc2ccccc2)nc(-c2ccccc2)c1COC(=O)C(=C)C. The Balaban J connectivity index is 2.05. The Kier molecular flexibility index (Phi) is 6.22. The largest absolute Gasteiger partial charge is 0.456 e. The highest BCUT2D eigenvalue weighted by molar-refractivity contribution is 5.87. The average Bonchev–Trinajstić information content (AvgIpc) is 3.05. The lowest BCUT2D eigenvalue weighted by atomic mass is 10.1. The Morgan fingerprint density at radius 1 is 1.11 bits per heavy atom. The van der Waals surface area contributed by atoms with E-state index in [4.69, 9.17) is 9.72 Å². The lowest BCUT2D eigenvalue weighted by molar-refractivity contribution is -0.140. The van der Waals surface area contributed by atoms with Crippen LogP contribution < -0.4 is 0 Å². The van der Waals surface area contributed by atoms with Crippen molar-refractivity contribution in [2.75, 3.05) is 0 Å². The summed E-state index contributed by atoms with van der Waals surface area (Å²) in [4.78, 5) is 16.9. The van der Waals surface area contributed by atoms with Crippen molar-refractivity contribution in [1.82, 2.24) is 9.55 Å². The smallest absolute Gasteiger partial charge is 0.333 e. The molecule has 3 aromatic rings. The topological polar surface area (TPSA) is 44.1 Å². The van der Waals surface area contributed by atoms with E-state index in [1.807, 2.05) is 54.6 Å². The molecule has 0 atom stereocenters. The minimum Gasteiger partial charge on any atom is -0.456 e. The first-order valence-electron chi connectivity index (χ1n) is 9.21. The van der Waals surface area contributed by atoms with Crippen LogP contribution in [0.4, 0.5) is 0 Å². The molecule has 1 heterocycles. The van der Waals surface area contributed by atoms with Crippen LogP contribution in [-0.2, 0) is 29.1 Å². The molecule has 0 fully saturated rings. The van der Waals surface area contributed by atoms with Crippen molar-refractivity contribution in [3.05, 3.63) is 103 Å². The van der Waals surface area contributed by atoms with Crippen LogP contribution in [0.3, 0.4) is 0 Å². The third kappa shape index (κ3) is 4.46. The van der Waals surface area contributed by atoms with Gasteiger partial charge in [-0.25, -0.2) is 9.78 Å². The highest BCUT2D eigenvalue weighted by Crippen LogP contribution is 2.26. The number of nitrogens with zero attached hydrogens (tertiary/aromatic N) is 2. The number of ether oxygens (including phenoxy) is 1. The number of carbonyl (C=O) groups excluding carboxylic acids is 1. The third-order valence-electron chi connectivity index (χ3n) is 4.40. The van der Waals surface area contributed by atoms with E-state index in [9.17, 15) is 4.79 Å². The van der Waals surface area contributed by atoms with Gasteiger partial charge in [0, 0.05) is 24.1 Å². The summed E-state index contributed by atoms with van der Waals surface area (Å²) >= 11 is 0. The van der Waals surface area contributed by atoms with Crippen LogP contribution in [0.15, 0.2) is 85.5 Å². The summed E-state index contributed by atoms with van der Waals surface area (Å²) in [6, 6.07) is 20.1. The van der Waals surface area contributed by atoms with Crippen molar-refractivity contribution in [2.24, 2.45) is 0 Å². The first-order valence-corrected chi connectivity index (χ1v) is 9.21. The molecule has 1 aromatic heterocycles. The Labute approximate surface area is 165 Å². The lowest BCUT2D eigenvalue weighted by Crippen LogP contribution is -2.11. The van der Waals surface area contributed by atoms with Gasteiger partial charge < -0.3 is 9.30 Å². The van der Waals surface area contributed by atoms with E-state index in [1.54, 1.807) is 6.92 Å². The minimum absolute atomic E-state index is 0.131. The summed E-state index contributed by atoms with van der Waals surface area (Å²) in [5.41, 5.74) is 4.21. The molecule has 4 nitrogen and oxygen atoms in total. The molecule has 0 saturated carbocycles. The van der Waals surface area contributed by atoms with Crippen LogP contribution in [0.1, 0.15) is 24.0 Å². The van der Waals surface area contributed by atoms with Gasteiger partial charge in [-0.2, -0.15) is 0 Å². The number of esters is 1. The summed E-state index contributed by atoms with van der Waals surface area (Å²) in [7, 11) is 0. The van der Waals surface area contributed by atoms with E-state index in [0.29, 0.717) is 18.5 Å². The van der Waals surface area contributed by atoms with E-state index in [2.05, 4.69) is 29.9 Å². The molecular formula is C24H24N2O2. The van der Waals surface area contributed by atoms with Crippen molar-refractivity contribution in [2.45, 2.75) is 26.5 Å². The van der Waals surface area contributed by atoms with Crippen LogP contribution >= 0.6 is 0 Å². The highest BCUT2D eigenvalue weighted by Gasteiger charge is 2.19. The van der Waals surface area contributed by atoms with Crippen molar-refractivity contribution in [3.63, 3.8) is 0 Å². The fourth-order valence-corrected chi connectivity index (χ4v) is 3.03. The zero-order chi connectivity index (χ0) is 19.9. The summed E-state index contributed by atoms with van der Waals surface area (Å²) < 4.78 is 7.55. The second-order valence-corrected chi connectivity index (χ2v) is 6.61. The first-order chi connectivity index (χ1) is 13.6. The molecule has 0 radical (unpaired) electrons. The van der Waals surface area contributed by atoms with Crippen molar-refractivity contribution < 1.29 is 9.53 Å². The van der Waals surface area contributed by atoms with Crippen LogP contribution in [-0.4, -0.2) is 15.5 Å². The van der Waals surface area contributed by atoms with E-state index < -0.39 is 5.97 Å². The molecule has 28 heavy (non-hydrogen) atoms. The van der Waals surface area contributed by atoms with Gasteiger partial charge in [0.2, 0.25) is 0 Å². The first kappa shape index (κ1) is 19.4. The number of benzene rings is 2. The second kappa shape index (κ2) is 9.00. The molecule has 0 aliphatic carbocycles. The molecule has 0 unspecified atom stereocenters. The summed E-state index contributed by atoms with van der Waals surface area (Å²) in [5, 5.41) is 0. The number of aromatic nitrogens is 2. The second-order valence-electron chi connectivity index (χ2n) is 6.61. The Morgan fingerprint density at radius 2 is 1.75 bits per heavy atom. The number of hydrogen-bond donors (Lipinski definition) is 0. The van der Waals surface area contributed by atoms with Gasteiger partial charge in [0.1, 0.15) is 12.4 Å². The predicted molar refractivity (Wildman–Crippen MR) is 112 cm³/mol. The molecule has 0 spiro atoms. The monoisotopic (exact) mass is 372 g/mol. The fraction of sp³-hybridized carbons (Fsp3) is 0.167. The zero-order valence-electron chi connectivity index (χ0n) is 16.1. The maximum atomic E-state index is 12.0. The van der Waals surface area contributed by atoms with Gasteiger partial charge in [-0.15, -0.1) is 6.58 Å². The third-order valence-corrected chi connectivity index (χ3v) is 4.40. The standard InChI is InChI=1S/C24H24N2O2/c1-4-15-26-21(17-28-24(27)18(2)3)23(20-13-9-6-10-14-20)25-22(26)16-19-11-7-5-8-12-19/h4-14H,1-2,15-17H2,3H3. The molecular weight excluding hydrogens is 348 g/mol. The maximum absolute atomic E-state index is 12.0. The van der Waals surface area contributed by atoms with Gasteiger partial charge >= 0.3 is 5.97 Å². The molecule has 0 aliphatic rings. The number of allylic oxidation sites excluding steroid dienone is 1. The lowest BCUT2D eigenvalue weighted by Gasteiger charge is -2.12. The highest BCUT2D eigenvalue weighted by atomic mass is 16.5. The van der Waals surface area contributed by atoms with Crippen LogP contribution in [0.2, 0.25) is 0 Å². The maximum Gasteiger partial charge on any atom is 0.333 e. The van der Waals surface area contributed by atoms with Crippen LogP contribution in [0.25, 0.3) is 11.3 Å². The van der Waals surface area contributed by atoms with Crippen LogP contribution in [0, 0.1) is 0 Å². The molecule has 2 aromatic carbocycles. The Bertz CT molecular complexity index is 973. The van der Waals surface area contributed by atoms with E-state index in [1.165, 1.54) is 5.56 Å². The number of imidazole rings is 1. The molecule has 4 heteroatoms. The summed E-state index contributed by atoms with van der Waals surface area (Å²) in [6.07, 6.45) is 2.51. The van der Waals surface area contributed by atoms with E-state index in [-0.39, 0.29) is 6.61 Å². The van der Waals surface area contributed by atoms with Gasteiger partial charge in [-0.3, -0.25) is 0 Å². The van der Waals surface area contributed by atoms with Crippen molar-refractivity contribution >= 4 is 5.97 Å². The van der Waals surface area contributed by atoms with E-state index in [0.717, 1.165) is 22.8 Å². The summed E-state index contributed by atoms with van der Waals surface area (Å²) in [6.45, 7) is 9.89. The average molecular weight is 372 g/mol. The van der Waals surface area contributed by atoms with Crippen molar-refractivity contribution in [1.29, 1.82) is 0 Å². The zero-order valence-corrected chi connectivity index (χ0v) is 16.1. The van der Waals surface area contributed by atoms with Crippen molar-refractivity contribution in [3.8, 4) is 11.3 Å². The van der Waals surface area contributed by atoms with E-state index >= 15 is 0 Å². The molecule has 142 valence electrons. The quantitative estimate of drug-likeness (QED) is 0.319. The van der Waals surface area contributed by atoms with Gasteiger partial charge in [-0.1, -0.05) is 73.3 Å². The number of carbonyl (C=O) groups is 1. The van der Waals surface area contributed by atoms with Gasteiger partial charge in [0.05, 0.1) is 11.4 Å². The van der Waals surface area contributed by atoms with Gasteiger partial charge in [0.25, 0.3) is 0 Å². The normalized spacial score (nSPS) is 10.5. The molecule has 0 amide bonds. The Morgan fingerprint density at radius 3 is 2.36 bits per heavy atom. The molecule has 0 bridgehead atoms. The molecule has 0 saturated heterocycles. The molecule has 3 rings (SSSR count). The minimum atomic E-state index is -0.407. The Hall–Kier alpha value is -3.40. The van der Waals surface area contributed by atoms with Crippen LogP contribution in [0.5, 0.6) is 0 Å². The number of rotatable bonds is 8. The number of hydrogen-bond acceptors (Lipinski definition) is 3. The van der Waals surface area contributed by atoms with Gasteiger partial charge in [-0.05, 0) is 12.5 Å². The fourth-order valence-electron chi connectivity index (χ4n) is 3.03. The molecule has 0 N–H and O–H groups in total. The predicted octanol–water partition coefficient (Wildman–Crippen LogP) is 4.95. The van der Waals surface area contributed by atoms with Gasteiger partial charge in [0.15, 0.2) is 0 Å².